The number of hydrogen-bond donors (Lipinski definition) is 1. The molecule has 108 valence electrons. The van der Waals surface area contributed by atoms with Crippen molar-refractivity contribution in [3.05, 3.63) is 0 Å². The topological polar surface area (TPSA) is 21.3 Å². The molecule has 2 nitrogen and oxygen atoms in total. The maximum Gasteiger partial charge on any atom is 0.0600 e. The minimum atomic E-state index is 0.190. The molecule has 0 heterocycles. The number of hydrogen-bond acceptors (Lipinski definition) is 2. The predicted octanol–water partition coefficient (Wildman–Crippen LogP) is 4.00. The molecule has 1 aliphatic carbocycles. The standard InChI is InChI=1S/C16H33NO/c1-13-9-7-8-10-14(13)18-12-16(5,6)11-17-15(2,3)4/h13-14,17H,7-12H2,1-6H3. The van der Waals surface area contributed by atoms with E-state index in [9.17, 15) is 0 Å². The van der Waals surface area contributed by atoms with Crippen LogP contribution in [0, 0.1) is 11.3 Å². The SMILES string of the molecule is CC1CCCCC1OCC(C)(C)CNC(C)(C)C. The second kappa shape index (κ2) is 6.38. The quantitative estimate of drug-likeness (QED) is 0.802. The summed E-state index contributed by atoms with van der Waals surface area (Å²) in [5.41, 5.74) is 0.403. The van der Waals surface area contributed by atoms with Gasteiger partial charge in [-0.1, -0.05) is 33.6 Å². The van der Waals surface area contributed by atoms with Crippen LogP contribution < -0.4 is 5.32 Å². The normalized spacial score (nSPS) is 26.3. The van der Waals surface area contributed by atoms with E-state index in [4.69, 9.17) is 4.74 Å². The van der Waals surface area contributed by atoms with Gasteiger partial charge in [-0.3, -0.25) is 0 Å². The summed E-state index contributed by atoms with van der Waals surface area (Å²) in [7, 11) is 0. The van der Waals surface area contributed by atoms with Crippen molar-refractivity contribution in [3.8, 4) is 0 Å². The van der Waals surface area contributed by atoms with E-state index in [2.05, 4.69) is 46.9 Å². The average Bonchev–Trinajstić information content (AvgIpc) is 2.25. The molecule has 0 aliphatic heterocycles. The lowest BCUT2D eigenvalue weighted by molar-refractivity contribution is -0.0409. The number of ether oxygens (including phenoxy) is 1. The molecule has 1 fully saturated rings. The largest absolute Gasteiger partial charge is 0.377 e. The first-order chi connectivity index (χ1) is 8.20. The molecule has 0 aromatic rings. The van der Waals surface area contributed by atoms with Crippen LogP contribution in [0.5, 0.6) is 0 Å². The summed E-state index contributed by atoms with van der Waals surface area (Å²) in [5, 5.41) is 3.58. The number of rotatable bonds is 5. The van der Waals surface area contributed by atoms with Gasteiger partial charge in [0.05, 0.1) is 12.7 Å². The van der Waals surface area contributed by atoms with Gasteiger partial charge in [0.25, 0.3) is 0 Å². The van der Waals surface area contributed by atoms with E-state index in [0.29, 0.717) is 6.10 Å². The zero-order chi connectivity index (χ0) is 13.8. The van der Waals surface area contributed by atoms with Crippen LogP contribution in [-0.2, 0) is 4.74 Å². The molecule has 1 saturated carbocycles. The highest BCUT2D eigenvalue weighted by molar-refractivity contribution is 4.79. The van der Waals surface area contributed by atoms with Crippen LogP contribution >= 0.6 is 0 Å². The summed E-state index contributed by atoms with van der Waals surface area (Å²) in [4.78, 5) is 0. The third kappa shape index (κ3) is 6.19. The van der Waals surface area contributed by atoms with Gasteiger partial charge in [0.2, 0.25) is 0 Å². The van der Waals surface area contributed by atoms with Crippen molar-refractivity contribution in [2.45, 2.75) is 78.9 Å². The minimum Gasteiger partial charge on any atom is -0.377 e. The summed E-state index contributed by atoms with van der Waals surface area (Å²) in [6, 6.07) is 0. The molecule has 0 bridgehead atoms. The molecule has 1 N–H and O–H groups in total. The van der Waals surface area contributed by atoms with Gasteiger partial charge in [0.1, 0.15) is 0 Å². The molecule has 0 aromatic heterocycles. The van der Waals surface area contributed by atoms with Crippen LogP contribution in [0.4, 0.5) is 0 Å². The van der Waals surface area contributed by atoms with Crippen molar-refractivity contribution in [2.75, 3.05) is 13.2 Å². The fourth-order valence-corrected chi connectivity index (χ4v) is 2.42. The first kappa shape index (κ1) is 16.0. The van der Waals surface area contributed by atoms with Crippen LogP contribution in [0.15, 0.2) is 0 Å². The lowest BCUT2D eigenvalue weighted by Crippen LogP contribution is -2.44. The van der Waals surface area contributed by atoms with Crippen molar-refractivity contribution in [1.82, 2.24) is 5.32 Å². The zero-order valence-corrected chi connectivity index (χ0v) is 13.3. The fraction of sp³-hybridized carbons (Fsp3) is 1.00. The number of nitrogens with one attached hydrogen (secondary N) is 1. The van der Waals surface area contributed by atoms with Crippen LogP contribution in [0.3, 0.4) is 0 Å². The van der Waals surface area contributed by atoms with E-state index < -0.39 is 0 Å². The summed E-state index contributed by atoms with van der Waals surface area (Å²) in [5.74, 6) is 0.741. The molecule has 1 rings (SSSR count). The molecular weight excluding hydrogens is 222 g/mol. The zero-order valence-electron chi connectivity index (χ0n) is 13.3. The van der Waals surface area contributed by atoms with E-state index in [1.165, 1.54) is 25.7 Å². The second-order valence-electron chi connectivity index (χ2n) is 7.88. The van der Waals surface area contributed by atoms with E-state index in [1.807, 2.05) is 0 Å². The predicted molar refractivity (Wildman–Crippen MR) is 78.9 cm³/mol. The van der Waals surface area contributed by atoms with Gasteiger partial charge in [0, 0.05) is 17.5 Å². The highest BCUT2D eigenvalue weighted by Gasteiger charge is 2.26. The molecule has 0 saturated heterocycles. The Morgan fingerprint density at radius 3 is 2.22 bits per heavy atom. The first-order valence-electron chi connectivity index (χ1n) is 7.56. The minimum absolute atomic E-state index is 0.190. The van der Waals surface area contributed by atoms with Gasteiger partial charge < -0.3 is 10.1 Å². The highest BCUT2D eigenvalue weighted by Crippen LogP contribution is 2.28. The van der Waals surface area contributed by atoms with E-state index >= 15 is 0 Å². The Labute approximate surface area is 114 Å². The molecule has 2 heteroatoms. The van der Waals surface area contributed by atoms with Gasteiger partial charge >= 0.3 is 0 Å². The second-order valence-corrected chi connectivity index (χ2v) is 7.88. The van der Waals surface area contributed by atoms with Crippen LogP contribution in [0.25, 0.3) is 0 Å². The maximum atomic E-state index is 6.19. The van der Waals surface area contributed by atoms with Crippen molar-refractivity contribution in [3.63, 3.8) is 0 Å². The Bertz CT molecular complexity index is 242. The van der Waals surface area contributed by atoms with Crippen LogP contribution in [0.1, 0.15) is 67.2 Å². The molecule has 2 atom stereocenters. The monoisotopic (exact) mass is 255 g/mol. The molecule has 0 spiro atoms. The van der Waals surface area contributed by atoms with Gasteiger partial charge in [-0.2, -0.15) is 0 Å². The summed E-state index contributed by atoms with van der Waals surface area (Å²) >= 11 is 0. The van der Waals surface area contributed by atoms with Crippen molar-refractivity contribution in [2.24, 2.45) is 11.3 Å². The summed E-state index contributed by atoms with van der Waals surface area (Å²) < 4.78 is 6.19. The van der Waals surface area contributed by atoms with Crippen LogP contribution in [0.2, 0.25) is 0 Å². The lowest BCUT2D eigenvalue weighted by atomic mass is 9.87. The Morgan fingerprint density at radius 2 is 1.67 bits per heavy atom. The van der Waals surface area contributed by atoms with E-state index in [1.54, 1.807) is 0 Å². The Balaban J connectivity index is 2.31. The van der Waals surface area contributed by atoms with Gasteiger partial charge in [-0.25, -0.2) is 0 Å². The van der Waals surface area contributed by atoms with E-state index in [-0.39, 0.29) is 11.0 Å². The van der Waals surface area contributed by atoms with Gasteiger partial charge in [0.15, 0.2) is 0 Å². The molecule has 0 radical (unpaired) electrons. The van der Waals surface area contributed by atoms with Gasteiger partial charge in [-0.15, -0.1) is 0 Å². The molecular formula is C16H33NO. The van der Waals surface area contributed by atoms with Crippen LogP contribution in [-0.4, -0.2) is 24.8 Å². The molecule has 1 aliphatic rings. The molecule has 2 unspecified atom stereocenters. The van der Waals surface area contributed by atoms with Crippen molar-refractivity contribution in [1.29, 1.82) is 0 Å². The van der Waals surface area contributed by atoms with E-state index in [0.717, 1.165) is 19.1 Å². The van der Waals surface area contributed by atoms with Gasteiger partial charge in [-0.05, 0) is 39.5 Å². The Morgan fingerprint density at radius 1 is 1.06 bits per heavy atom. The molecule has 0 amide bonds. The van der Waals surface area contributed by atoms with Crippen molar-refractivity contribution >= 4 is 0 Å². The molecule has 0 aromatic carbocycles. The highest BCUT2D eigenvalue weighted by atomic mass is 16.5. The smallest absolute Gasteiger partial charge is 0.0600 e. The third-order valence-corrected chi connectivity index (χ3v) is 3.82. The fourth-order valence-electron chi connectivity index (χ4n) is 2.42. The Hall–Kier alpha value is -0.0800. The summed E-state index contributed by atoms with van der Waals surface area (Å²) in [6.45, 7) is 15.4. The lowest BCUT2D eigenvalue weighted by Gasteiger charge is -2.34. The average molecular weight is 255 g/mol. The molecule has 18 heavy (non-hydrogen) atoms. The Kier molecular flexibility index (Phi) is 5.67. The van der Waals surface area contributed by atoms with Crippen molar-refractivity contribution < 1.29 is 4.74 Å². The third-order valence-electron chi connectivity index (χ3n) is 3.82. The summed E-state index contributed by atoms with van der Waals surface area (Å²) in [6.07, 6.45) is 5.81. The maximum absolute atomic E-state index is 6.19. The first-order valence-corrected chi connectivity index (χ1v) is 7.56.